The molecule has 180 valence electrons. The molecule has 9 nitrogen and oxygen atoms in total. The molecule has 9 heteroatoms. The summed E-state index contributed by atoms with van der Waals surface area (Å²) in [6, 6.07) is 6.40. The predicted octanol–water partition coefficient (Wildman–Crippen LogP) is 0.598. The van der Waals surface area contributed by atoms with E-state index in [0.717, 1.165) is 44.0 Å². The molecule has 4 aliphatic heterocycles. The molecule has 1 atom stereocenters. The molecule has 5 rings (SSSR count). The third-order valence-electron chi connectivity index (χ3n) is 7.10. The Morgan fingerprint density at radius 3 is 2.27 bits per heavy atom. The van der Waals surface area contributed by atoms with Crippen LogP contribution in [0.2, 0.25) is 0 Å². The van der Waals surface area contributed by atoms with Crippen LogP contribution in [0, 0.1) is 0 Å². The molecular weight excluding hydrogens is 424 g/mol. The number of likely N-dealkylation sites (tertiary alicyclic amines) is 1. The van der Waals surface area contributed by atoms with Gasteiger partial charge in [-0.1, -0.05) is 6.07 Å². The summed E-state index contributed by atoms with van der Waals surface area (Å²) in [6.45, 7) is 8.41. The number of amides is 2. The van der Waals surface area contributed by atoms with E-state index in [1.54, 1.807) is 0 Å². The number of carbonyl (C=O) groups is 2. The average Bonchev–Trinajstić information content (AvgIpc) is 3.32. The van der Waals surface area contributed by atoms with E-state index in [1.165, 1.54) is 5.56 Å². The average molecular weight is 459 g/mol. The smallest absolute Gasteiger partial charge is 0.236 e. The number of rotatable bonds is 5. The van der Waals surface area contributed by atoms with E-state index in [1.807, 2.05) is 15.9 Å². The van der Waals surface area contributed by atoms with Crippen LogP contribution in [0.25, 0.3) is 0 Å². The van der Waals surface area contributed by atoms with Gasteiger partial charge in [0.1, 0.15) is 13.2 Å². The molecule has 2 amide bonds. The number of nitrogens with zero attached hydrogens (tertiary/aromatic N) is 4. The largest absolute Gasteiger partial charge is 0.486 e. The highest BCUT2D eigenvalue weighted by Gasteiger charge is 2.31. The first-order chi connectivity index (χ1) is 16.2. The van der Waals surface area contributed by atoms with Gasteiger partial charge in [-0.3, -0.25) is 19.4 Å². The monoisotopic (exact) mass is 458 g/mol. The van der Waals surface area contributed by atoms with Crippen molar-refractivity contribution in [3.63, 3.8) is 0 Å². The van der Waals surface area contributed by atoms with Gasteiger partial charge in [-0.15, -0.1) is 0 Å². The number of carbonyl (C=O) groups excluding carboxylic acids is 2. The highest BCUT2D eigenvalue weighted by atomic mass is 16.6. The molecule has 1 unspecified atom stereocenters. The van der Waals surface area contributed by atoms with Crippen LogP contribution in [0.1, 0.15) is 24.4 Å². The SMILES string of the molecule is O=C(CN1CCN(C(=O)CN2CCCC2c2ccc3c(c2)OCCO3)CC1)N1CCOCC1. The van der Waals surface area contributed by atoms with Crippen molar-refractivity contribution in [2.45, 2.75) is 18.9 Å². The molecule has 1 aromatic rings. The zero-order chi connectivity index (χ0) is 22.6. The summed E-state index contributed by atoms with van der Waals surface area (Å²) < 4.78 is 16.7. The zero-order valence-electron chi connectivity index (χ0n) is 19.2. The minimum atomic E-state index is 0.164. The Bertz CT molecular complexity index is 851. The van der Waals surface area contributed by atoms with Crippen LogP contribution < -0.4 is 9.47 Å². The Kier molecular flexibility index (Phi) is 6.99. The van der Waals surface area contributed by atoms with Crippen molar-refractivity contribution in [3.05, 3.63) is 23.8 Å². The quantitative estimate of drug-likeness (QED) is 0.640. The molecule has 0 aromatic heterocycles. The molecule has 0 N–H and O–H groups in total. The molecule has 4 heterocycles. The Labute approximate surface area is 195 Å². The van der Waals surface area contributed by atoms with Crippen LogP contribution in [-0.4, -0.2) is 117 Å². The second-order valence-corrected chi connectivity index (χ2v) is 9.18. The number of benzene rings is 1. The fourth-order valence-electron chi connectivity index (χ4n) is 5.19. The number of piperazine rings is 1. The first-order valence-electron chi connectivity index (χ1n) is 12.2. The van der Waals surface area contributed by atoms with Gasteiger partial charge >= 0.3 is 0 Å². The lowest BCUT2D eigenvalue weighted by Gasteiger charge is -2.37. The van der Waals surface area contributed by atoms with Gasteiger partial charge in [0, 0.05) is 45.3 Å². The van der Waals surface area contributed by atoms with Gasteiger partial charge in [-0.25, -0.2) is 0 Å². The van der Waals surface area contributed by atoms with Crippen molar-refractivity contribution in [1.82, 2.24) is 19.6 Å². The molecule has 0 spiro atoms. The molecule has 3 saturated heterocycles. The van der Waals surface area contributed by atoms with Crippen LogP contribution >= 0.6 is 0 Å². The highest BCUT2D eigenvalue weighted by molar-refractivity contribution is 5.79. The fourth-order valence-corrected chi connectivity index (χ4v) is 5.19. The second-order valence-electron chi connectivity index (χ2n) is 9.18. The molecule has 0 aliphatic carbocycles. The normalized spacial score (nSPS) is 24.2. The lowest BCUT2D eigenvalue weighted by Crippen LogP contribution is -2.54. The molecule has 0 saturated carbocycles. The van der Waals surface area contributed by atoms with E-state index in [4.69, 9.17) is 14.2 Å². The zero-order valence-corrected chi connectivity index (χ0v) is 19.2. The maximum absolute atomic E-state index is 13.1. The lowest BCUT2D eigenvalue weighted by molar-refractivity contribution is -0.138. The first kappa shape index (κ1) is 22.4. The number of hydrogen-bond acceptors (Lipinski definition) is 7. The molecule has 1 aromatic carbocycles. The summed E-state index contributed by atoms with van der Waals surface area (Å²) in [6.07, 6.45) is 2.13. The van der Waals surface area contributed by atoms with Gasteiger partial charge in [0.05, 0.1) is 26.3 Å². The predicted molar refractivity (Wildman–Crippen MR) is 121 cm³/mol. The van der Waals surface area contributed by atoms with Crippen LogP contribution in [0.3, 0.4) is 0 Å². The van der Waals surface area contributed by atoms with Gasteiger partial charge in [-0.2, -0.15) is 0 Å². The minimum absolute atomic E-state index is 0.164. The molecule has 0 bridgehead atoms. The number of morpholine rings is 1. The third-order valence-corrected chi connectivity index (χ3v) is 7.10. The highest BCUT2D eigenvalue weighted by Crippen LogP contribution is 2.38. The Hall–Kier alpha value is -2.36. The maximum atomic E-state index is 13.1. The summed E-state index contributed by atoms with van der Waals surface area (Å²) in [5.41, 5.74) is 1.19. The summed E-state index contributed by atoms with van der Waals surface area (Å²) >= 11 is 0. The van der Waals surface area contributed by atoms with Gasteiger partial charge in [0.25, 0.3) is 0 Å². The standard InChI is InChI=1S/C24H34N4O5/c29-23(27-10-12-31-13-11-27)17-25-6-8-26(9-7-25)24(30)18-28-5-1-2-20(28)19-3-4-21-22(16-19)33-15-14-32-21/h3-4,16,20H,1-2,5-15,17-18H2. The first-order valence-corrected chi connectivity index (χ1v) is 12.2. The molecule has 3 fully saturated rings. The van der Waals surface area contributed by atoms with Crippen LogP contribution in [0.15, 0.2) is 18.2 Å². The van der Waals surface area contributed by atoms with E-state index >= 15 is 0 Å². The van der Waals surface area contributed by atoms with Crippen molar-refractivity contribution >= 4 is 11.8 Å². The third kappa shape index (κ3) is 5.26. The Morgan fingerprint density at radius 2 is 1.48 bits per heavy atom. The summed E-state index contributed by atoms with van der Waals surface area (Å²) in [4.78, 5) is 33.9. The van der Waals surface area contributed by atoms with E-state index in [9.17, 15) is 9.59 Å². The second kappa shape index (κ2) is 10.3. The van der Waals surface area contributed by atoms with Gasteiger partial charge < -0.3 is 24.0 Å². The van der Waals surface area contributed by atoms with Crippen molar-refractivity contribution in [3.8, 4) is 11.5 Å². The van der Waals surface area contributed by atoms with Crippen molar-refractivity contribution in [1.29, 1.82) is 0 Å². The molecule has 4 aliphatic rings. The van der Waals surface area contributed by atoms with Crippen molar-refractivity contribution < 1.29 is 23.8 Å². The topological polar surface area (TPSA) is 74.8 Å². The summed E-state index contributed by atoms with van der Waals surface area (Å²) in [5.74, 6) is 1.95. The summed E-state index contributed by atoms with van der Waals surface area (Å²) in [7, 11) is 0. The van der Waals surface area contributed by atoms with Crippen molar-refractivity contribution in [2.75, 3.05) is 85.3 Å². The Balaban J connectivity index is 1.11. The van der Waals surface area contributed by atoms with E-state index < -0.39 is 0 Å². The van der Waals surface area contributed by atoms with E-state index in [2.05, 4.69) is 21.9 Å². The lowest BCUT2D eigenvalue weighted by atomic mass is 10.0. The van der Waals surface area contributed by atoms with Gasteiger partial charge in [-0.05, 0) is 37.1 Å². The van der Waals surface area contributed by atoms with Gasteiger partial charge in [0.2, 0.25) is 11.8 Å². The summed E-state index contributed by atoms with van der Waals surface area (Å²) in [5, 5.41) is 0. The molecule has 0 radical (unpaired) electrons. The minimum Gasteiger partial charge on any atom is -0.486 e. The van der Waals surface area contributed by atoms with E-state index in [0.29, 0.717) is 65.7 Å². The number of ether oxygens (including phenoxy) is 3. The Morgan fingerprint density at radius 1 is 0.788 bits per heavy atom. The van der Waals surface area contributed by atoms with Crippen LogP contribution in [-0.2, 0) is 14.3 Å². The van der Waals surface area contributed by atoms with E-state index in [-0.39, 0.29) is 17.9 Å². The van der Waals surface area contributed by atoms with Gasteiger partial charge in [0.15, 0.2) is 11.5 Å². The molecule has 33 heavy (non-hydrogen) atoms. The molecular formula is C24H34N4O5. The number of fused-ring (bicyclic) bond motifs is 1. The fraction of sp³-hybridized carbons (Fsp3) is 0.667. The van der Waals surface area contributed by atoms with Crippen LogP contribution in [0.4, 0.5) is 0 Å². The number of hydrogen-bond donors (Lipinski definition) is 0. The van der Waals surface area contributed by atoms with Crippen molar-refractivity contribution in [2.24, 2.45) is 0 Å². The maximum Gasteiger partial charge on any atom is 0.236 e. The van der Waals surface area contributed by atoms with Crippen LogP contribution in [0.5, 0.6) is 11.5 Å².